The van der Waals surface area contributed by atoms with Gasteiger partial charge in [0.1, 0.15) is 23.2 Å². The van der Waals surface area contributed by atoms with Crippen molar-refractivity contribution in [3.05, 3.63) is 100 Å². The zero-order valence-corrected chi connectivity index (χ0v) is 40.9. The molecule has 14 nitrogen and oxygen atoms in total. The highest BCUT2D eigenvalue weighted by molar-refractivity contribution is 7.89. The number of nitrogens with one attached hydrogen (secondary N) is 1. The molecule has 2 saturated heterocycles. The molecule has 0 bridgehead atoms. The minimum atomic E-state index is -3.78. The van der Waals surface area contributed by atoms with Gasteiger partial charge in [0.05, 0.1) is 10.6 Å². The van der Waals surface area contributed by atoms with Crippen molar-refractivity contribution in [1.29, 1.82) is 0 Å². The number of carbonyl (C=O) groups excluding carboxylic acids is 2. The van der Waals surface area contributed by atoms with E-state index in [0.717, 1.165) is 84.4 Å². The van der Waals surface area contributed by atoms with E-state index >= 15 is 0 Å². The summed E-state index contributed by atoms with van der Waals surface area (Å²) < 4.78 is 35.3. The Bertz CT molecular complexity index is 2780. The number of nitrogens with zero attached hydrogens (tertiary/aromatic N) is 6. The maximum atomic E-state index is 14.2. The molecule has 2 fully saturated rings. The quantitative estimate of drug-likeness (QED) is 0.103. The number of aldehydes is 2. The molecule has 4 aliphatic heterocycles. The standard InChI is InChI=1S/C50H58ClN7O7S2/c1-6-9-32(2)55(5)41-15-14-39(40-13-8-11-35(30-60)43(40)41)33-16-21-56(22-17-33)42-20-24-57-23-18-38(53-49(57)54-42)31-67(63,64)58-25-19-37(29-50(58,3)4)52-36-12-7-10-34(28-36)46-44(51)45(65-27-26-59)47(66-46)48(61)62/h7-8,10-15,18,20,23-24,26,28,30,32-33,37,49,52H,6,9,16-17,19,21-22,25,27,29,31H2,1-5H3,(H,61,62). The summed E-state index contributed by atoms with van der Waals surface area (Å²) in [5, 5.41) is 15.6. The number of aliphatic imine (C=N–C) groups is 2. The van der Waals surface area contributed by atoms with Crippen LogP contribution in [0, 0.1) is 0 Å². The molecule has 5 heterocycles. The molecular formula is C50H58ClN7O7S2. The molecule has 1 aromatic heterocycles. The van der Waals surface area contributed by atoms with Crippen molar-refractivity contribution in [2.45, 2.75) is 96.1 Å². The van der Waals surface area contributed by atoms with Crippen LogP contribution in [0.15, 0.2) is 89.1 Å². The molecular weight excluding hydrogens is 910 g/mol. The van der Waals surface area contributed by atoms with Crippen LogP contribution in [-0.2, 0) is 14.8 Å². The van der Waals surface area contributed by atoms with Crippen molar-refractivity contribution >= 4 is 85.2 Å². The van der Waals surface area contributed by atoms with Crippen molar-refractivity contribution in [2.24, 2.45) is 9.98 Å². The molecule has 0 radical (unpaired) electrons. The van der Waals surface area contributed by atoms with Gasteiger partial charge in [0, 0.05) is 79.0 Å². The van der Waals surface area contributed by atoms with Crippen molar-refractivity contribution in [3.8, 4) is 16.2 Å². The van der Waals surface area contributed by atoms with E-state index in [1.807, 2.05) is 73.6 Å². The second-order valence-corrected chi connectivity index (χ2v) is 21.6. The molecule has 3 unspecified atom stereocenters. The lowest BCUT2D eigenvalue weighted by molar-refractivity contribution is -0.109. The second kappa shape index (κ2) is 20.0. The molecule has 0 saturated carbocycles. The fraction of sp³-hybridized carbons (Fsp3) is 0.420. The van der Waals surface area contributed by atoms with Crippen LogP contribution >= 0.6 is 22.9 Å². The summed E-state index contributed by atoms with van der Waals surface area (Å²) in [6.07, 6.45) is 13.5. The van der Waals surface area contributed by atoms with Crippen LogP contribution in [-0.4, -0.2) is 121 Å². The summed E-state index contributed by atoms with van der Waals surface area (Å²) in [6, 6.07) is 18.2. The van der Waals surface area contributed by atoms with Crippen molar-refractivity contribution in [1.82, 2.24) is 14.1 Å². The lowest BCUT2D eigenvalue weighted by atomic mass is 9.85. The molecule has 4 aliphatic rings. The van der Waals surface area contributed by atoms with Crippen molar-refractivity contribution < 1.29 is 32.6 Å². The van der Waals surface area contributed by atoms with Crippen LogP contribution in [0.3, 0.4) is 0 Å². The molecule has 17 heteroatoms. The van der Waals surface area contributed by atoms with Crippen LogP contribution in [0.4, 0.5) is 11.4 Å². The van der Waals surface area contributed by atoms with E-state index in [1.54, 1.807) is 10.4 Å². The summed E-state index contributed by atoms with van der Waals surface area (Å²) in [5.41, 5.74) is 4.26. The molecule has 2 N–H and O–H groups in total. The largest absolute Gasteiger partial charge is 0.483 e. The number of allylic oxidation sites excluding steroid dienone is 1. The van der Waals surface area contributed by atoms with Gasteiger partial charge >= 0.3 is 5.97 Å². The first kappa shape index (κ1) is 47.9. The van der Waals surface area contributed by atoms with Gasteiger partial charge in [-0.2, -0.15) is 4.31 Å². The van der Waals surface area contributed by atoms with E-state index in [0.29, 0.717) is 59.3 Å². The minimum absolute atomic E-state index is 0.0358. The third-order valence-corrected chi connectivity index (χ3v) is 17.1. The van der Waals surface area contributed by atoms with Gasteiger partial charge in [0.2, 0.25) is 16.3 Å². The smallest absolute Gasteiger partial charge is 0.349 e. The number of hydrogen-bond acceptors (Lipinski definition) is 13. The van der Waals surface area contributed by atoms with E-state index in [1.165, 1.54) is 5.56 Å². The van der Waals surface area contributed by atoms with Gasteiger partial charge in [0.25, 0.3) is 0 Å². The number of piperidine rings is 2. The number of amidine groups is 1. The lowest BCUT2D eigenvalue weighted by Crippen LogP contribution is -2.56. The fourth-order valence-electron chi connectivity index (χ4n) is 10.0. The van der Waals surface area contributed by atoms with Crippen LogP contribution in [0.1, 0.15) is 97.7 Å². The van der Waals surface area contributed by atoms with Gasteiger partial charge in [-0.3, -0.25) is 9.59 Å². The molecule has 8 rings (SSSR count). The number of anilines is 2. The number of thiophene rings is 1. The molecule has 3 aromatic carbocycles. The third kappa shape index (κ3) is 10.0. The third-order valence-electron chi connectivity index (χ3n) is 13.4. The van der Waals surface area contributed by atoms with Gasteiger partial charge in [-0.05, 0) is 106 Å². The number of hydrogen-bond donors (Lipinski definition) is 2. The van der Waals surface area contributed by atoms with Gasteiger partial charge < -0.3 is 29.9 Å². The Balaban J connectivity index is 0.903. The molecule has 3 atom stereocenters. The number of fused-ring (bicyclic) bond motifs is 2. The number of aromatic carboxylic acids is 1. The van der Waals surface area contributed by atoms with E-state index in [9.17, 15) is 27.9 Å². The van der Waals surface area contributed by atoms with Crippen molar-refractivity contribution in [3.63, 3.8) is 0 Å². The van der Waals surface area contributed by atoms with Crippen LogP contribution in [0.25, 0.3) is 21.2 Å². The average molecular weight is 969 g/mol. The van der Waals surface area contributed by atoms with Crippen molar-refractivity contribution in [2.75, 3.05) is 49.3 Å². The average Bonchev–Trinajstić information content (AvgIpc) is 3.65. The number of benzene rings is 3. The van der Waals surface area contributed by atoms with Crippen LogP contribution in [0.5, 0.6) is 5.75 Å². The predicted molar refractivity (Wildman–Crippen MR) is 269 cm³/mol. The first-order valence-corrected chi connectivity index (χ1v) is 25.7. The Kier molecular flexibility index (Phi) is 14.3. The number of halogens is 1. The van der Waals surface area contributed by atoms with E-state index in [4.69, 9.17) is 26.3 Å². The number of sulfonamides is 1. The first-order chi connectivity index (χ1) is 32.1. The molecule has 354 valence electrons. The fourth-order valence-corrected chi connectivity index (χ4v) is 13.3. The normalized spacial score (nSPS) is 20.2. The summed E-state index contributed by atoms with van der Waals surface area (Å²) in [6.45, 7) is 9.89. The Hall–Kier alpha value is -5.55. The highest BCUT2D eigenvalue weighted by Gasteiger charge is 2.42. The van der Waals surface area contributed by atoms with E-state index < -0.39 is 27.8 Å². The van der Waals surface area contributed by atoms with E-state index in [-0.39, 0.29) is 34.1 Å². The Morgan fingerprint density at radius 2 is 1.82 bits per heavy atom. The Labute approximate surface area is 401 Å². The minimum Gasteiger partial charge on any atom is -0.483 e. The van der Waals surface area contributed by atoms with E-state index in [2.05, 4.69) is 54.2 Å². The van der Waals surface area contributed by atoms with Gasteiger partial charge in [-0.15, -0.1) is 11.3 Å². The Morgan fingerprint density at radius 1 is 1.06 bits per heavy atom. The summed E-state index contributed by atoms with van der Waals surface area (Å²) >= 11 is 7.55. The summed E-state index contributed by atoms with van der Waals surface area (Å²) in [4.78, 5) is 51.9. The summed E-state index contributed by atoms with van der Waals surface area (Å²) in [7, 11) is -1.66. The van der Waals surface area contributed by atoms with Crippen LogP contribution in [0.2, 0.25) is 5.02 Å². The van der Waals surface area contributed by atoms with Gasteiger partial charge in [0.15, 0.2) is 23.2 Å². The first-order valence-electron chi connectivity index (χ1n) is 22.9. The topological polar surface area (TPSA) is 165 Å². The molecule has 0 spiro atoms. The predicted octanol–water partition coefficient (Wildman–Crippen LogP) is 9.28. The highest BCUT2D eigenvalue weighted by Crippen LogP contribution is 2.46. The summed E-state index contributed by atoms with van der Waals surface area (Å²) in [5.74, 6) is -0.340. The lowest BCUT2D eigenvalue weighted by Gasteiger charge is -2.45. The maximum Gasteiger partial charge on any atom is 0.349 e. The number of carboxylic acids is 1. The SMILES string of the molecule is CCCC(C)N(C)c1ccc(C2CCN(C3=NC4N=C(CS(=O)(=O)N5CCC(Nc6cccc(-c7sc(C(=O)O)c(OCC=O)c7Cl)c6)CC5(C)C)C=CN4C=C3)CC2)c2cccc(C=O)c12. The molecule has 0 aliphatic carbocycles. The van der Waals surface area contributed by atoms with Crippen LogP contribution < -0.4 is 15.0 Å². The number of rotatable bonds is 16. The number of carbonyl (C=O) groups is 3. The van der Waals surface area contributed by atoms with Gasteiger partial charge in [-0.1, -0.05) is 61.3 Å². The maximum absolute atomic E-state index is 14.2. The zero-order valence-electron chi connectivity index (χ0n) is 38.5. The number of ether oxygens (including phenoxy) is 1. The molecule has 4 aromatic rings. The monoisotopic (exact) mass is 967 g/mol. The Morgan fingerprint density at radius 3 is 2.54 bits per heavy atom. The molecule has 67 heavy (non-hydrogen) atoms. The number of carboxylic acid groups (broad SMARTS) is 1. The van der Waals surface area contributed by atoms with Gasteiger partial charge in [-0.25, -0.2) is 23.2 Å². The second-order valence-electron chi connectivity index (χ2n) is 18.3. The molecule has 0 amide bonds. The highest BCUT2D eigenvalue weighted by atomic mass is 35.5. The number of likely N-dealkylation sites (tertiary alicyclic amines) is 1. The zero-order chi connectivity index (χ0) is 47.6.